The van der Waals surface area contributed by atoms with E-state index in [-0.39, 0.29) is 23.2 Å². The molecule has 1 heterocycles. The summed E-state index contributed by atoms with van der Waals surface area (Å²) >= 11 is 0. The maximum absolute atomic E-state index is 11.4. The Morgan fingerprint density at radius 1 is 1.36 bits per heavy atom. The second kappa shape index (κ2) is 4.09. The van der Waals surface area contributed by atoms with Crippen molar-refractivity contribution < 1.29 is 19.1 Å². The first kappa shape index (κ1) is 10.5. The molecule has 0 saturated heterocycles. The molecule has 0 spiro atoms. The number of furan rings is 1. The van der Waals surface area contributed by atoms with Crippen molar-refractivity contribution in [1.82, 2.24) is 0 Å². The molecule has 4 heteroatoms. The van der Waals surface area contributed by atoms with Crippen molar-refractivity contribution in [2.45, 2.75) is 20.3 Å². The van der Waals surface area contributed by atoms with Crippen molar-refractivity contribution in [2.24, 2.45) is 5.92 Å². The zero-order valence-electron chi connectivity index (χ0n) is 8.11. The van der Waals surface area contributed by atoms with Crippen LogP contribution in [0.4, 0.5) is 0 Å². The van der Waals surface area contributed by atoms with Crippen LogP contribution in [0.5, 0.6) is 0 Å². The van der Waals surface area contributed by atoms with Crippen LogP contribution in [0.1, 0.15) is 41.4 Å². The van der Waals surface area contributed by atoms with E-state index in [2.05, 4.69) is 0 Å². The van der Waals surface area contributed by atoms with Crippen LogP contribution in [0.25, 0.3) is 0 Å². The summed E-state index contributed by atoms with van der Waals surface area (Å²) in [5.41, 5.74) is 0. The Balaban J connectivity index is 2.76. The number of hydrogen-bond acceptors (Lipinski definition) is 3. The van der Waals surface area contributed by atoms with Gasteiger partial charge in [0.1, 0.15) is 0 Å². The summed E-state index contributed by atoms with van der Waals surface area (Å²) in [5, 5.41) is 8.56. The summed E-state index contributed by atoms with van der Waals surface area (Å²) in [6.45, 7) is 3.83. The minimum Gasteiger partial charge on any atom is -0.475 e. The van der Waals surface area contributed by atoms with Gasteiger partial charge in [0.2, 0.25) is 5.76 Å². The van der Waals surface area contributed by atoms with Gasteiger partial charge in [0.25, 0.3) is 0 Å². The molecule has 0 aromatic carbocycles. The first-order chi connectivity index (χ1) is 6.50. The van der Waals surface area contributed by atoms with Crippen LogP contribution in [-0.2, 0) is 0 Å². The van der Waals surface area contributed by atoms with Crippen molar-refractivity contribution in [1.29, 1.82) is 0 Å². The fourth-order valence-electron chi connectivity index (χ4n) is 1.07. The van der Waals surface area contributed by atoms with Crippen molar-refractivity contribution in [3.63, 3.8) is 0 Å². The molecule has 0 aliphatic carbocycles. The van der Waals surface area contributed by atoms with Gasteiger partial charge in [-0.2, -0.15) is 0 Å². The second-order valence-corrected chi connectivity index (χ2v) is 3.49. The molecule has 0 saturated carbocycles. The van der Waals surface area contributed by atoms with Gasteiger partial charge in [-0.3, -0.25) is 4.79 Å². The molecule has 14 heavy (non-hydrogen) atoms. The van der Waals surface area contributed by atoms with Crippen molar-refractivity contribution in [3.05, 3.63) is 23.7 Å². The molecule has 0 aliphatic rings. The Labute approximate surface area is 81.5 Å². The Morgan fingerprint density at radius 3 is 2.36 bits per heavy atom. The summed E-state index contributed by atoms with van der Waals surface area (Å²) in [6, 6.07) is 2.68. The number of carboxylic acid groups (broad SMARTS) is 1. The van der Waals surface area contributed by atoms with Gasteiger partial charge in [-0.1, -0.05) is 13.8 Å². The van der Waals surface area contributed by atoms with Gasteiger partial charge in [-0.25, -0.2) is 4.79 Å². The molecular formula is C10H12O4. The molecular weight excluding hydrogens is 184 g/mol. The smallest absolute Gasteiger partial charge is 0.371 e. The number of carbonyl (C=O) groups is 2. The van der Waals surface area contributed by atoms with E-state index in [1.165, 1.54) is 12.1 Å². The summed E-state index contributed by atoms with van der Waals surface area (Å²) < 4.78 is 4.86. The molecule has 0 amide bonds. The van der Waals surface area contributed by atoms with E-state index in [4.69, 9.17) is 9.52 Å². The lowest BCUT2D eigenvalue weighted by molar-refractivity contribution is 0.0660. The highest BCUT2D eigenvalue weighted by Gasteiger charge is 2.15. The van der Waals surface area contributed by atoms with Crippen LogP contribution in [-0.4, -0.2) is 16.9 Å². The molecule has 0 aliphatic heterocycles. The van der Waals surface area contributed by atoms with Crippen molar-refractivity contribution in [2.75, 3.05) is 0 Å². The van der Waals surface area contributed by atoms with Gasteiger partial charge >= 0.3 is 5.97 Å². The van der Waals surface area contributed by atoms with E-state index >= 15 is 0 Å². The number of hydrogen-bond donors (Lipinski definition) is 1. The highest BCUT2D eigenvalue weighted by molar-refractivity contribution is 5.95. The Kier molecular flexibility index (Phi) is 3.06. The first-order valence-electron chi connectivity index (χ1n) is 4.37. The summed E-state index contributed by atoms with van der Waals surface area (Å²) in [5.74, 6) is -1.16. The molecule has 1 N–H and O–H groups in total. The molecule has 1 rings (SSSR count). The zero-order valence-corrected chi connectivity index (χ0v) is 8.11. The van der Waals surface area contributed by atoms with E-state index in [1.807, 2.05) is 13.8 Å². The standard InChI is InChI=1S/C10H12O4/c1-6(2)5-7(11)8-3-4-9(14-8)10(12)13/h3-4,6H,5H2,1-2H3,(H,12,13). The normalized spacial score (nSPS) is 10.5. The third-order valence-corrected chi connectivity index (χ3v) is 1.69. The van der Waals surface area contributed by atoms with E-state index < -0.39 is 5.97 Å². The maximum Gasteiger partial charge on any atom is 0.371 e. The quantitative estimate of drug-likeness (QED) is 0.749. The highest BCUT2D eigenvalue weighted by Crippen LogP contribution is 2.13. The van der Waals surface area contributed by atoms with Gasteiger partial charge < -0.3 is 9.52 Å². The minimum absolute atomic E-state index is 0.121. The van der Waals surface area contributed by atoms with Crippen LogP contribution in [0.2, 0.25) is 0 Å². The zero-order chi connectivity index (χ0) is 10.7. The van der Waals surface area contributed by atoms with Crippen LogP contribution in [0.3, 0.4) is 0 Å². The molecule has 1 aromatic rings. The Bertz CT molecular complexity index is 349. The lowest BCUT2D eigenvalue weighted by Gasteiger charge is -1.99. The number of carboxylic acids is 1. The van der Waals surface area contributed by atoms with Gasteiger partial charge in [0.15, 0.2) is 11.5 Å². The molecule has 76 valence electrons. The number of aromatic carboxylic acids is 1. The minimum atomic E-state index is -1.16. The number of rotatable bonds is 4. The lowest BCUT2D eigenvalue weighted by atomic mass is 10.1. The Morgan fingerprint density at radius 2 is 1.93 bits per heavy atom. The molecule has 0 radical (unpaired) electrons. The van der Waals surface area contributed by atoms with Gasteiger partial charge in [0, 0.05) is 6.42 Å². The van der Waals surface area contributed by atoms with E-state index in [0.717, 1.165) is 0 Å². The number of ketones is 1. The molecule has 1 aromatic heterocycles. The predicted molar refractivity (Wildman–Crippen MR) is 49.5 cm³/mol. The van der Waals surface area contributed by atoms with E-state index in [0.29, 0.717) is 6.42 Å². The maximum atomic E-state index is 11.4. The SMILES string of the molecule is CC(C)CC(=O)c1ccc(C(=O)O)o1. The van der Waals surface area contributed by atoms with E-state index in [1.54, 1.807) is 0 Å². The van der Waals surface area contributed by atoms with Crippen molar-refractivity contribution >= 4 is 11.8 Å². The topological polar surface area (TPSA) is 67.5 Å². The van der Waals surface area contributed by atoms with Crippen LogP contribution in [0.15, 0.2) is 16.5 Å². The first-order valence-corrected chi connectivity index (χ1v) is 4.37. The molecule has 0 atom stereocenters. The predicted octanol–water partition coefficient (Wildman–Crippen LogP) is 2.21. The molecule has 4 nitrogen and oxygen atoms in total. The van der Waals surface area contributed by atoms with Gasteiger partial charge in [-0.15, -0.1) is 0 Å². The number of Topliss-reactive ketones (excluding diaryl/α,β-unsaturated/α-hetero) is 1. The lowest BCUT2D eigenvalue weighted by Crippen LogP contribution is -2.02. The monoisotopic (exact) mass is 196 g/mol. The van der Waals surface area contributed by atoms with Gasteiger partial charge in [0.05, 0.1) is 0 Å². The molecule has 0 fully saturated rings. The molecule has 0 bridgehead atoms. The second-order valence-electron chi connectivity index (χ2n) is 3.49. The van der Waals surface area contributed by atoms with Crippen molar-refractivity contribution in [3.8, 4) is 0 Å². The molecule has 0 unspecified atom stereocenters. The summed E-state index contributed by atoms with van der Waals surface area (Å²) in [4.78, 5) is 21.9. The fourth-order valence-corrected chi connectivity index (χ4v) is 1.07. The largest absolute Gasteiger partial charge is 0.475 e. The highest BCUT2D eigenvalue weighted by atomic mass is 16.4. The third-order valence-electron chi connectivity index (χ3n) is 1.69. The third kappa shape index (κ3) is 2.45. The number of carbonyl (C=O) groups excluding carboxylic acids is 1. The average molecular weight is 196 g/mol. The average Bonchev–Trinajstić information content (AvgIpc) is 2.50. The van der Waals surface area contributed by atoms with Crippen LogP contribution >= 0.6 is 0 Å². The van der Waals surface area contributed by atoms with E-state index in [9.17, 15) is 9.59 Å². The van der Waals surface area contributed by atoms with Crippen LogP contribution in [0, 0.1) is 5.92 Å². The van der Waals surface area contributed by atoms with Crippen LogP contribution < -0.4 is 0 Å². The fraction of sp³-hybridized carbons (Fsp3) is 0.400. The summed E-state index contributed by atoms with van der Waals surface area (Å²) in [7, 11) is 0. The summed E-state index contributed by atoms with van der Waals surface area (Å²) in [6.07, 6.45) is 0.368. The Hall–Kier alpha value is -1.58. The van der Waals surface area contributed by atoms with Gasteiger partial charge in [-0.05, 0) is 18.1 Å².